The monoisotopic (exact) mass is 263 g/mol. The van der Waals surface area contributed by atoms with Gasteiger partial charge in [0.15, 0.2) is 6.61 Å². The van der Waals surface area contributed by atoms with E-state index in [0.29, 0.717) is 11.4 Å². The summed E-state index contributed by atoms with van der Waals surface area (Å²) in [5.74, 6) is -0.187. The third-order valence-electron chi connectivity index (χ3n) is 2.94. The molecule has 2 rings (SSSR count). The first kappa shape index (κ1) is 13.4. The molecule has 6 heteroatoms. The summed E-state index contributed by atoms with van der Waals surface area (Å²) >= 11 is 0. The standard InChI is InChI=1S/C13H17N3O3/c1-15-5-4-9-2-3-11-10(6-9)16(7-12(14)17)13(18)8-19-11/h2-3,6,15H,4-5,7-8H2,1H3,(H2,14,17). The summed E-state index contributed by atoms with van der Waals surface area (Å²) in [6, 6.07) is 5.64. The van der Waals surface area contributed by atoms with Crippen LogP contribution < -0.4 is 20.7 Å². The molecule has 1 aliphatic heterocycles. The van der Waals surface area contributed by atoms with Crippen molar-refractivity contribution in [2.75, 3.05) is 31.6 Å². The van der Waals surface area contributed by atoms with Crippen molar-refractivity contribution in [2.45, 2.75) is 6.42 Å². The molecule has 0 radical (unpaired) electrons. The van der Waals surface area contributed by atoms with E-state index >= 15 is 0 Å². The third kappa shape index (κ3) is 3.03. The molecule has 0 bridgehead atoms. The van der Waals surface area contributed by atoms with Gasteiger partial charge in [-0.15, -0.1) is 0 Å². The predicted octanol–water partition coefficient (Wildman–Crippen LogP) is -0.341. The van der Waals surface area contributed by atoms with Crippen LogP contribution in [0.15, 0.2) is 18.2 Å². The molecule has 0 atom stereocenters. The van der Waals surface area contributed by atoms with Gasteiger partial charge in [0.25, 0.3) is 5.91 Å². The largest absolute Gasteiger partial charge is 0.482 e. The smallest absolute Gasteiger partial charge is 0.265 e. The van der Waals surface area contributed by atoms with Crippen LogP contribution in [0.25, 0.3) is 0 Å². The Labute approximate surface area is 111 Å². The number of rotatable bonds is 5. The lowest BCUT2D eigenvalue weighted by Crippen LogP contribution is -2.43. The lowest BCUT2D eigenvalue weighted by atomic mass is 10.1. The first-order chi connectivity index (χ1) is 9.11. The SMILES string of the molecule is CNCCc1ccc2c(c1)N(CC(N)=O)C(=O)CO2. The lowest BCUT2D eigenvalue weighted by molar-refractivity contribution is -0.124. The van der Waals surface area contributed by atoms with E-state index in [4.69, 9.17) is 10.5 Å². The van der Waals surface area contributed by atoms with Crippen LogP contribution in [0.3, 0.4) is 0 Å². The predicted molar refractivity (Wildman–Crippen MR) is 71.1 cm³/mol. The maximum absolute atomic E-state index is 11.8. The van der Waals surface area contributed by atoms with Gasteiger partial charge in [0.05, 0.1) is 5.69 Å². The Bertz CT molecular complexity index is 502. The molecule has 0 aromatic heterocycles. The number of amides is 2. The molecule has 0 saturated heterocycles. The highest BCUT2D eigenvalue weighted by Crippen LogP contribution is 2.32. The zero-order chi connectivity index (χ0) is 13.8. The van der Waals surface area contributed by atoms with Crippen molar-refractivity contribution < 1.29 is 14.3 Å². The van der Waals surface area contributed by atoms with Gasteiger partial charge in [-0.1, -0.05) is 6.07 Å². The minimum absolute atomic E-state index is 0.0594. The Hall–Kier alpha value is -2.08. The van der Waals surface area contributed by atoms with Crippen molar-refractivity contribution in [3.63, 3.8) is 0 Å². The quantitative estimate of drug-likeness (QED) is 0.761. The molecule has 1 aliphatic rings. The highest BCUT2D eigenvalue weighted by Gasteiger charge is 2.26. The number of carbonyl (C=O) groups excluding carboxylic acids is 2. The maximum Gasteiger partial charge on any atom is 0.265 e. The lowest BCUT2D eigenvalue weighted by Gasteiger charge is -2.28. The number of hydrogen-bond acceptors (Lipinski definition) is 4. The summed E-state index contributed by atoms with van der Waals surface area (Å²) in [5, 5.41) is 3.06. The fraction of sp³-hybridized carbons (Fsp3) is 0.385. The Kier molecular flexibility index (Phi) is 4.01. The number of benzene rings is 1. The number of ether oxygens (including phenoxy) is 1. The molecule has 0 fully saturated rings. The number of anilines is 1. The fourth-order valence-electron chi connectivity index (χ4n) is 2.00. The Morgan fingerprint density at radius 2 is 2.32 bits per heavy atom. The van der Waals surface area contributed by atoms with Crippen molar-refractivity contribution in [2.24, 2.45) is 5.73 Å². The summed E-state index contributed by atoms with van der Waals surface area (Å²) in [6.45, 7) is 0.657. The van der Waals surface area contributed by atoms with Crippen LogP contribution >= 0.6 is 0 Å². The number of primary amides is 1. The molecule has 1 aromatic rings. The van der Waals surface area contributed by atoms with Gasteiger partial charge in [-0.3, -0.25) is 14.5 Å². The van der Waals surface area contributed by atoms with Gasteiger partial charge in [0, 0.05) is 0 Å². The van der Waals surface area contributed by atoms with Crippen LogP contribution in [0.4, 0.5) is 5.69 Å². The van der Waals surface area contributed by atoms with Crippen molar-refractivity contribution >= 4 is 17.5 Å². The van der Waals surface area contributed by atoms with E-state index in [1.807, 2.05) is 25.2 Å². The van der Waals surface area contributed by atoms with E-state index in [1.165, 1.54) is 4.90 Å². The second kappa shape index (κ2) is 5.71. The van der Waals surface area contributed by atoms with Gasteiger partial charge in [-0.2, -0.15) is 0 Å². The second-order valence-corrected chi connectivity index (χ2v) is 4.39. The number of carbonyl (C=O) groups is 2. The number of nitrogens with one attached hydrogen (secondary N) is 1. The van der Waals surface area contributed by atoms with Gasteiger partial charge in [-0.25, -0.2) is 0 Å². The number of likely N-dealkylation sites (N-methyl/N-ethyl adjacent to an activating group) is 1. The van der Waals surface area contributed by atoms with Crippen LogP contribution in [-0.2, 0) is 16.0 Å². The van der Waals surface area contributed by atoms with Gasteiger partial charge >= 0.3 is 0 Å². The topological polar surface area (TPSA) is 84.7 Å². The molecule has 0 saturated carbocycles. The van der Waals surface area contributed by atoms with Gasteiger partial charge in [-0.05, 0) is 37.7 Å². The molecule has 6 nitrogen and oxygen atoms in total. The van der Waals surface area contributed by atoms with E-state index in [0.717, 1.165) is 18.5 Å². The average Bonchev–Trinajstić information content (AvgIpc) is 2.39. The normalized spacial score (nSPS) is 13.9. The fourth-order valence-corrected chi connectivity index (χ4v) is 2.00. The molecule has 0 aliphatic carbocycles. The molecule has 1 heterocycles. The van der Waals surface area contributed by atoms with E-state index in [-0.39, 0.29) is 19.1 Å². The molecular formula is C13H17N3O3. The summed E-state index contributed by atoms with van der Waals surface area (Å²) in [6.07, 6.45) is 0.836. The number of fused-ring (bicyclic) bond motifs is 1. The van der Waals surface area contributed by atoms with E-state index in [9.17, 15) is 9.59 Å². The van der Waals surface area contributed by atoms with E-state index in [1.54, 1.807) is 0 Å². The number of nitrogens with zero attached hydrogens (tertiary/aromatic N) is 1. The molecule has 3 N–H and O–H groups in total. The number of nitrogens with two attached hydrogens (primary N) is 1. The van der Waals surface area contributed by atoms with Crippen LogP contribution in [0.2, 0.25) is 0 Å². The maximum atomic E-state index is 11.8. The third-order valence-corrected chi connectivity index (χ3v) is 2.94. The van der Waals surface area contributed by atoms with Crippen LogP contribution in [0.5, 0.6) is 5.75 Å². The second-order valence-electron chi connectivity index (χ2n) is 4.39. The average molecular weight is 263 g/mol. The summed E-state index contributed by atoms with van der Waals surface area (Å²) < 4.78 is 5.35. The highest BCUT2D eigenvalue weighted by atomic mass is 16.5. The molecule has 0 unspecified atom stereocenters. The van der Waals surface area contributed by atoms with Crippen molar-refractivity contribution in [1.82, 2.24) is 5.32 Å². The van der Waals surface area contributed by atoms with Crippen LogP contribution in [0, 0.1) is 0 Å². The van der Waals surface area contributed by atoms with Crippen molar-refractivity contribution in [1.29, 1.82) is 0 Å². The highest BCUT2D eigenvalue weighted by molar-refractivity contribution is 6.01. The summed E-state index contributed by atoms with van der Waals surface area (Å²) in [5.41, 5.74) is 6.86. The molecular weight excluding hydrogens is 246 g/mol. The van der Waals surface area contributed by atoms with Gasteiger partial charge < -0.3 is 15.8 Å². The first-order valence-corrected chi connectivity index (χ1v) is 6.11. The van der Waals surface area contributed by atoms with E-state index in [2.05, 4.69) is 5.32 Å². The van der Waals surface area contributed by atoms with E-state index < -0.39 is 5.91 Å². The zero-order valence-electron chi connectivity index (χ0n) is 10.8. The molecule has 1 aromatic carbocycles. The Morgan fingerprint density at radius 3 is 3.00 bits per heavy atom. The number of hydrogen-bond donors (Lipinski definition) is 2. The zero-order valence-corrected chi connectivity index (χ0v) is 10.8. The first-order valence-electron chi connectivity index (χ1n) is 6.11. The van der Waals surface area contributed by atoms with Crippen molar-refractivity contribution in [3.05, 3.63) is 23.8 Å². The Balaban J connectivity index is 2.29. The molecule has 102 valence electrons. The summed E-state index contributed by atoms with van der Waals surface area (Å²) in [4.78, 5) is 24.2. The molecule has 2 amide bonds. The minimum atomic E-state index is -0.540. The van der Waals surface area contributed by atoms with Crippen LogP contribution in [0.1, 0.15) is 5.56 Å². The molecule has 19 heavy (non-hydrogen) atoms. The Morgan fingerprint density at radius 1 is 1.53 bits per heavy atom. The summed E-state index contributed by atoms with van der Waals surface area (Å²) in [7, 11) is 1.88. The van der Waals surface area contributed by atoms with Crippen LogP contribution in [-0.4, -0.2) is 38.6 Å². The van der Waals surface area contributed by atoms with Gasteiger partial charge in [0.2, 0.25) is 5.91 Å². The van der Waals surface area contributed by atoms with Crippen molar-refractivity contribution in [3.8, 4) is 5.75 Å². The minimum Gasteiger partial charge on any atom is -0.482 e. The van der Waals surface area contributed by atoms with Gasteiger partial charge in [0.1, 0.15) is 12.3 Å². The molecule has 0 spiro atoms.